The lowest BCUT2D eigenvalue weighted by molar-refractivity contribution is 0.122. The highest BCUT2D eigenvalue weighted by atomic mass is 32.1. The van der Waals surface area contributed by atoms with Crippen LogP contribution in [0, 0.1) is 0 Å². The van der Waals surface area contributed by atoms with Crippen molar-refractivity contribution >= 4 is 40.6 Å². The summed E-state index contributed by atoms with van der Waals surface area (Å²) in [5.74, 6) is 2.30. The number of ether oxygens (including phenoxy) is 1. The van der Waals surface area contributed by atoms with Gasteiger partial charge in [-0.25, -0.2) is 0 Å². The molecule has 0 spiro atoms. The van der Waals surface area contributed by atoms with E-state index in [0.717, 1.165) is 56.5 Å². The van der Waals surface area contributed by atoms with E-state index in [1.165, 1.54) is 5.69 Å². The van der Waals surface area contributed by atoms with E-state index in [-0.39, 0.29) is 0 Å². The molecule has 0 unspecified atom stereocenters. The number of nitrogens with one attached hydrogen (secondary N) is 2. The second kappa shape index (κ2) is 11.3. The van der Waals surface area contributed by atoms with Gasteiger partial charge in [-0.3, -0.25) is 4.98 Å². The maximum atomic E-state index is 5.54. The molecule has 2 fully saturated rings. The zero-order valence-corrected chi connectivity index (χ0v) is 20.5. The SMILES string of the molecule is S=C(NCc1cccnc1)Nc1nc(N2CCOCC2)cc(N2CCN(c3ccccc3)CC2)n1. The minimum atomic E-state index is 0.479. The first kappa shape index (κ1) is 23.3. The van der Waals surface area contributed by atoms with Crippen molar-refractivity contribution in [2.75, 3.05) is 72.5 Å². The fourth-order valence-electron chi connectivity index (χ4n) is 4.26. The van der Waals surface area contributed by atoms with Crippen LogP contribution in [0.4, 0.5) is 23.3 Å². The summed E-state index contributed by atoms with van der Waals surface area (Å²) >= 11 is 5.53. The molecular weight excluding hydrogens is 460 g/mol. The molecular formula is C25H30N8OS. The van der Waals surface area contributed by atoms with Crippen LogP contribution in [-0.4, -0.2) is 72.5 Å². The highest BCUT2D eigenvalue weighted by molar-refractivity contribution is 7.80. The first-order valence-corrected chi connectivity index (χ1v) is 12.4. The van der Waals surface area contributed by atoms with Crippen LogP contribution in [0.2, 0.25) is 0 Å². The number of rotatable bonds is 6. The minimum absolute atomic E-state index is 0.479. The summed E-state index contributed by atoms with van der Waals surface area (Å²) in [6.07, 6.45) is 3.57. The van der Waals surface area contributed by atoms with Crippen molar-refractivity contribution in [2.24, 2.45) is 0 Å². The number of thiocarbonyl (C=S) groups is 1. The Morgan fingerprint density at radius 2 is 1.54 bits per heavy atom. The lowest BCUT2D eigenvalue weighted by Crippen LogP contribution is -2.47. The number of morpholine rings is 1. The van der Waals surface area contributed by atoms with Gasteiger partial charge in [-0.1, -0.05) is 24.3 Å². The molecule has 35 heavy (non-hydrogen) atoms. The molecule has 2 aromatic heterocycles. The number of hydrogen-bond donors (Lipinski definition) is 2. The molecule has 2 saturated heterocycles. The van der Waals surface area contributed by atoms with E-state index in [1.54, 1.807) is 6.20 Å². The molecule has 0 bridgehead atoms. The van der Waals surface area contributed by atoms with Gasteiger partial charge in [0.1, 0.15) is 11.6 Å². The molecule has 0 aliphatic carbocycles. The van der Waals surface area contributed by atoms with Gasteiger partial charge in [0.25, 0.3) is 0 Å². The summed E-state index contributed by atoms with van der Waals surface area (Å²) < 4.78 is 5.54. The molecule has 1 aromatic carbocycles. The molecule has 3 aromatic rings. The van der Waals surface area contributed by atoms with Gasteiger partial charge in [0.05, 0.1) is 13.2 Å². The quantitative estimate of drug-likeness (QED) is 0.503. The Labute approximate surface area is 211 Å². The summed E-state index contributed by atoms with van der Waals surface area (Å²) in [7, 11) is 0. The van der Waals surface area contributed by atoms with E-state index < -0.39 is 0 Å². The van der Waals surface area contributed by atoms with Crippen molar-refractivity contribution in [3.8, 4) is 0 Å². The van der Waals surface area contributed by atoms with Crippen molar-refractivity contribution in [3.63, 3.8) is 0 Å². The molecule has 182 valence electrons. The monoisotopic (exact) mass is 490 g/mol. The number of nitrogens with zero attached hydrogens (tertiary/aromatic N) is 6. The van der Waals surface area contributed by atoms with E-state index in [0.29, 0.717) is 30.8 Å². The van der Waals surface area contributed by atoms with Crippen LogP contribution in [-0.2, 0) is 11.3 Å². The lowest BCUT2D eigenvalue weighted by atomic mass is 10.2. The topological polar surface area (TPSA) is 81.7 Å². The predicted molar refractivity (Wildman–Crippen MR) is 143 cm³/mol. The molecule has 0 atom stereocenters. The van der Waals surface area contributed by atoms with Crippen molar-refractivity contribution < 1.29 is 4.74 Å². The molecule has 10 heteroatoms. The summed E-state index contributed by atoms with van der Waals surface area (Å²) in [6, 6.07) is 16.6. The number of pyridine rings is 1. The number of hydrogen-bond acceptors (Lipinski definition) is 8. The molecule has 0 radical (unpaired) electrons. The first-order chi connectivity index (χ1) is 17.2. The lowest BCUT2D eigenvalue weighted by Gasteiger charge is -2.37. The van der Waals surface area contributed by atoms with Crippen molar-refractivity contribution in [2.45, 2.75) is 6.54 Å². The standard InChI is InChI=1S/C25H30N8OS/c35-25(27-19-20-5-4-8-26-18-20)30-24-28-22(17-23(29-24)33-13-15-34-16-14-33)32-11-9-31(10-12-32)21-6-2-1-3-7-21/h1-8,17-18H,9-16,19H2,(H2,27,28,29,30,35). The van der Waals surface area contributed by atoms with Gasteiger partial charge in [-0.15, -0.1) is 0 Å². The number of aromatic nitrogens is 3. The van der Waals surface area contributed by atoms with E-state index in [2.05, 4.69) is 66.7 Å². The Balaban J connectivity index is 1.29. The van der Waals surface area contributed by atoms with Crippen LogP contribution in [0.3, 0.4) is 0 Å². The van der Waals surface area contributed by atoms with Gasteiger partial charge in [-0.05, 0) is 36.0 Å². The number of benzene rings is 1. The van der Waals surface area contributed by atoms with Crippen LogP contribution >= 0.6 is 12.2 Å². The smallest absolute Gasteiger partial charge is 0.232 e. The maximum Gasteiger partial charge on any atom is 0.232 e. The zero-order valence-electron chi connectivity index (χ0n) is 19.6. The number of anilines is 4. The van der Waals surface area contributed by atoms with Gasteiger partial charge in [0, 0.05) is 70.0 Å². The summed E-state index contributed by atoms with van der Waals surface area (Å²) in [5.41, 5.74) is 2.31. The largest absolute Gasteiger partial charge is 0.378 e. The van der Waals surface area contributed by atoms with Crippen LogP contribution in [0.5, 0.6) is 0 Å². The molecule has 2 aliphatic rings. The Morgan fingerprint density at radius 1 is 0.857 bits per heavy atom. The van der Waals surface area contributed by atoms with E-state index in [4.69, 9.17) is 26.9 Å². The van der Waals surface area contributed by atoms with Crippen molar-refractivity contribution in [3.05, 3.63) is 66.5 Å². The van der Waals surface area contributed by atoms with Gasteiger partial charge < -0.3 is 30.1 Å². The molecule has 9 nitrogen and oxygen atoms in total. The Bertz CT molecular complexity index is 1100. The number of para-hydroxylation sites is 1. The Hall–Kier alpha value is -3.50. The highest BCUT2D eigenvalue weighted by Crippen LogP contribution is 2.24. The number of piperazine rings is 1. The third-order valence-corrected chi connectivity index (χ3v) is 6.41. The van der Waals surface area contributed by atoms with E-state index >= 15 is 0 Å². The molecule has 0 amide bonds. The zero-order chi connectivity index (χ0) is 23.9. The minimum Gasteiger partial charge on any atom is -0.378 e. The van der Waals surface area contributed by atoms with Crippen LogP contribution in [0.25, 0.3) is 0 Å². The van der Waals surface area contributed by atoms with E-state index in [1.807, 2.05) is 18.3 Å². The third-order valence-electron chi connectivity index (χ3n) is 6.16. The summed E-state index contributed by atoms with van der Waals surface area (Å²) in [4.78, 5) is 20.7. The van der Waals surface area contributed by atoms with Crippen LogP contribution in [0.1, 0.15) is 5.56 Å². The summed E-state index contributed by atoms with van der Waals surface area (Å²) in [5, 5.41) is 6.88. The predicted octanol–water partition coefficient (Wildman–Crippen LogP) is 2.52. The van der Waals surface area contributed by atoms with Gasteiger partial charge in [-0.2, -0.15) is 9.97 Å². The van der Waals surface area contributed by atoms with Gasteiger partial charge in [0.2, 0.25) is 5.95 Å². The normalized spacial score (nSPS) is 16.2. The maximum absolute atomic E-state index is 5.54. The first-order valence-electron chi connectivity index (χ1n) is 11.9. The highest BCUT2D eigenvalue weighted by Gasteiger charge is 2.22. The second-order valence-corrected chi connectivity index (χ2v) is 8.89. The Morgan fingerprint density at radius 3 is 2.23 bits per heavy atom. The molecule has 2 N–H and O–H groups in total. The fraction of sp³-hybridized carbons (Fsp3) is 0.360. The van der Waals surface area contributed by atoms with Gasteiger partial charge >= 0.3 is 0 Å². The average Bonchev–Trinajstić information content (AvgIpc) is 2.93. The summed E-state index contributed by atoms with van der Waals surface area (Å²) in [6.45, 7) is 7.24. The fourth-order valence-corrected chi connectivity index (χ4v) is 4.42. The Kier molecular flexibility index (Phi) is 7.50. The van der Waals surface area contributed by atoms with Crippen molar-refractivity contribution in [1.82, 2.24) is 20.3 Å². The molecule has 2 aliphatic heterocycles. The molecule has 0 saturated carbocycles. The van der Waals surface area contributed by atoms with Gasteiger partial charge in [0.15, 0.2) is 5.11 Å². The third kappa shape index (κ3) is 6.14. The average molecular weight is 491 g/mol. The van der Waals surface area contributed by atoms with Crippen LogP contribution in [0.15, 0.2) is 60.9 Å². The van der Waals surface area contributed by atoms with Crippen LogP contribution < -0.4 is 25.3 Å². The second-order valence-electron chi connectivity index (χ2n) is 8.49. The van der Waals surface area contributed by atoms with Crippen molar-refractivity contribution in [1.29, 1.82) is 0 Å². The van der Waals surface area contributed by atoms with E-state index in [9.17, 15) is 0 Å². The molecule has 4 heterocycles. The molecule has 5 rings (SSSR count).